The van der Waals surface area contributed by atoms with E-state index in [1.165, 1.54) is 0 Å². The van der Waals surface area contributed by atoms with Crippen LogP contribution in [0.4, 0.5) is 5.69 Å². The van der Waals surface area contributed by atoms with Gasteiger partial charge in [0.1, 0.15) is 5.54 Å². The molecule has 1 aliphatic heterocycles. The number of benzene rings is 1. The van der Waals surface area contributed by atoms with Crippen LogP contribution in [0.15, 0.2) is 28.7 Å². The Kier molecular flexibility index (Phi) is 3.94. The van der Waals surface area contributed by atoms with Gasteiger partial charge in [-0.3, -0.25) is 0 Å². The molecule has 0 amide bonds. The second kappa shape index (κ2) is 5.29. The maximum atomic E-state index is 9.55. The first-order chi connectivity index (χ1) is 8.56. The molecule has 1 aromatic carbocycles. The topological polar surface area (TPSA) is 39.1 Å². The summed E-state index contributed by atoms with van der Waals surface area (Å²) in [5, 5.41) is 13.0. The zero-order chi connectivity index (χ0) is 13.2. The summed E-state index contributed by atoms with van der Waals surface area (Å²) in [6, 6.07) is 10.9. The number of likely N-dealkylation sites (tertiary alicyclic amines) is 1. The second-order valence-electron chi connectivity index (χ2n) is 5.08. The number of nitriles is 1. The van der Waals surface area contributed by atoms with Crippen LogP contribution >= 0.6 is 15.9 Å². The highest BCUT2D eigenvalue weighted by Gasteiger charge is 2.37. The molecule has 4 heteroatoms. The van der Waals surface area contributed by atoms with Crippen LogP contribution in [0, 0.1) is 11.3 Å². The van der Waals surface area contributed by atoms with Crippen molar-refractivity contribution in [3.63, 3.8) is 0 Å². The Balaban J connectivity index is 2.20. The van der Waals surface area contributed by atoms with E-state index in [1.54, 1.807) is 0 Å². The van der Waals surface area contributed by atoms with Gasteiger partial charge in [0.2, 0.25) is 0 Å². The zero-order valence-corrected chi connectivity index (χ0v) is 12.4. The number of hydrogen-bond acceptors (Lipinski definition) is 3. The largest absolute Gasteiger partial charge is 0.366 e. The quantitative estimate of drug-likeness (QED) is 0.911. The lowest BCUT2D eigenvalue weighted by Crippen LogP contribution is -2.51. The molecule has 0 aromatic heterocycles. The molecule has 1 saturated heterocycles. The number of nitrogens with zero attached hydrogens (tertiary/aromatic N) is 2. The highest BCUT2D eigenvalue weighted by molar-refractivity contribution is 9.10. The third-order valence-electron chi connectivity index (χ3n) is 3.75. The third-order valence-corrected chi connectivity index (χ3v) is 4.44. The van der Waals surface area contributed by atoms with Crippen LogP contribution in [-0.4, -0.2) is 30.1 Å². The molecular weight excluding hydrogens is 290 g/mol. The van der Waals surface area contributed by atoms with Crippen LogP contribution < -0.4 is 5.32 Å². The van der Waals surface area contributed by atoms with Crippen molar-refractivity contribution < 1.29 is 0 Å². The minimum atomic E-state index is -0.449. The Bertz CT molecular complexity index is 468. The molecule has 0 spiro atoms. The van der Waals surface area contributed by atoms with Crippen molar-refractivity contribution in [2.45, 2.75) is 31.3 Å². The maximum absolute atomic E-state index is 9.55. The van der Waals surface area contributed by atoms with Crippen LogP contribution in [0.3, 0.4) is 0 Å². The average Bonchev–Trinajstić information content (AvgIpc) is 2.37. The van der Waals surface area contributed by atoms with Gasteiger partial charge < -0.3 is 10.2 Å². The van der Waals surface area contributed by atoms with Crippen molar-refractivity contribution in [2.24, 2.45) is 0 Å². The highest BCUT2D eigenvalue weighted by Crippen LogP contribution is 2.32. The summed E-state index contributed by atoms with van der Waals surface area (Å²) < 4.78 is 1.01. The lowest BCUT2D eigenvalue weighted by atomic mass is 9.85. The van der Waals surface area contributed by atoms with E-state index >= 15 is 0 Å². The monoisotopic (exact) mass is 307 g/mol. The van der Waals surface area contributed by atoms with E-state index < -0.39 is 5.54 Å². The smallest absolute Gasteiger partial charge is 0.128 e. The van der Waals surface area contributed by atoms with E-state index in [2.05, 4.69) is 46.2 Å². The fourth-order valence-corrected chi connectivity index (χ4v) is 2.80. The van der Waals surface area contributed by atoms with Gasteiger partial charge in [0.05, 0.1) is 6.07 Å². The summed E-state index contributed by atoms with van der Waals surface area (Å²) >= 11 is 3.52. The van der Waals surface area contributed by atoms with Gasteiger partial charge in [-0.15, -0.1) is 0 Å². The molecule has 3 nitrogen and oxygen atoms in total. The van der Waals surface area contributed by atoms with Crippen LogP contribution in [0.25, 0.3) is 0 Å². The molecule has 2 unspecified atom stereocenters. The molecule has 2 rings (SSSR count). The van der Waals surface area contributed by atoms with E-state index in [0.29, 0.717) is 6.04 Å². The van der Waals surface area contributed by atoms with Crippen LogP contribution in [0.2, 0.25) is 0 Å². The molecule has 1 aromatic rings. The molecule has 1 fully saturated rings. The van der Waals surface area contributed by atoms with Crippen molar-refractivity contribution in [1.82, 2.24) is 4.90 Å². The van der Waals surface area contributed by atoms with Gasteiger partial charge in [0.25, 0.3) is 0 Å². The van der Waals surface area contributed by atoms with Gasteiger partial charge >= 0.3 is 0 Å². The number of halogens is 1. The Morgan fingerprint density at radius 3 is 2.83 bits per heavy atom. The lowest BCUT2D eigenvalue weighted by Gasteiger charge is -2.41. The number of anilines is 1. The van der Waals surface area contributed by atoms with Gasteiger partial charge in [-0.2, -0.15) is 5.26 Å². The summed E-state index contributed by atoms with van der Waals surface area (Å²) in [4.78, 5) is 2.30. The van der Waals surface area contributed by atoms with Crippen LogP contribution in [-0.2, 0) is 0 Å². The van der Waals surface area contributed by atoms with E-state index in [4.69, 9.17) is 0 Å². The summed E-state index contributed by atoms with van der Waals surface area (Å²) in [6.45, 7) is 3.12. The van der Waals surface area contributed by atoms with Crippen molar-refractivity contribution >= 4 is 21.6 Å². The van der Waals surface area contributed by atoms with Gasteiger partial charge in [-0.25, -0.2) is 0 Å². The fraction of sp³-hybridized carbons (Fsp3) is 0.500. The van der Waals surface area contributed by atoms with Gasteiger partial charge in [-0.1, -0.05) is 12.1 Å². The summed E-state index contributed by atoms with van der Waals surface area (Å²) in [7, 11) is 2.12. The minimum Gasteiger partial charge on any atom is -0.366 e. The molecule has 96 valence electrons. The van der Waals surface area contributed by atoms with Crippen LogP contribution in [0.1, 0.15) is 19.8 Å². The van der Waals surface area contributed by atoms with Crippen molar-refractivity contribution in [3.05, 3.63) is 28.7 Å². The molecule has 1 N–H and O–H groups in total. The standard InChI is InChI=1S/C14H18BrN3/c1-11-9-14(10-16,7-8-18(11)2)17-13-6-4-3-5-12(13)15/h3-6,11,17H,7-9H2,1-2H3. The molecule has 1 aliphatic rings. The molecular formula is C14H18BrN3. The third kappa shape index (κ3) is 2.68. The zero-order valence-electron chi connectivity index (χ0n) is 10.8. The molecule has 0 saturated carbocycles. The van der Waals surface area contributed by atoms with Crippen molar-refractivity contribution in [2.75, 3.05) is 18.9 Å². The number of para-hydroxylation sites is 1. The average molecular weight is 308 g/mol. The number of hydrogen-bond donors (Lipinski definition) is 1. The Morgan fingerprint density at radius 2 is 2.22 bits per heavy atom. The predicted molar refractivity (Wildman–Crippen MR) is 77.4 cm³/mol. The van der Waals surface area contributed by atoms with Crippen molar-refractivity contribution in [1.29, 1.82) is 5.26 Å². The number of rotatable bonds is 2. The summed E-state index contributed by atoms with van der Waals surface area (Å²) in [5.74, 6) is 0. The Hall–Kier alpha value is -1.05. The fourth-order valence-electron chi connectivity index (χ4n) is 2.41. The van der Waals surface area contributed by atoms with Gasteiger partial charge in [0.15, 0.2) is 0 Å². The van der Waals surface area contributed by atoms with Crippen LogP contribution in [0.5, 0.6) is 0 Å². The lowest BCUT2D eigenvalue weighted by molar-refractivity contribution is 0.167. The summed E-state index contributed by atoms with van der Waals surface area (Å²) in [5.41, 5.74) is 0.548. The maximum Gasteiger partial charge on any atom is 0.128 e. The SMILES string of the molecule is CC1CC(C#N)(Nc2ccccc2Br)CCN1C. The first-order valence-electron chi connectivity index (χ1n) is 6.20. The first kappa shape index (κ1) is 13.4. The molecule has 0 radical (unpaired) electrons. The first-order valence-corrected chi connectivity index (χ1v) is 7.00. The van der Waals surface area contributed by atoms with Crippen molar-refractivity contribution in [3.8, 4) is 6.07 Å². The molecule has 0 aliphatic carbocycles. The number of nitrogens with one attached hydrogen (secondary N) is 1. The normalized spacial score (nSPS) is 28.7. The Labute approximate surface area is 117 Å². The van der Waals surface area contributed by atoms with Gasteiger partial charge in [0, 0.05) is 22.7 Å². The van der Waals surface area contributed by atoms with E-state index in [1.807, 2.05) is 24.3 Å². The van der Waals surface area contributed by atoms with Gasteiger partial charge in [-0.05, 0) is 54.9 Å². The number of piperidine rings is 1. The highest BCUT2D eigenvalue weighted by atomic mass is 79.9. The summed E-state index contributed by atoms with van der Waals surface area (Å²) in [6.07, 6.45) is 1.70. The van der Waals surface area contributed by atoms with E-state index in [9.17, 15) is 5.26 Å². The molecule has 18 heavy (non-hydrogen) atoms. The molecule has 1 heterocycles. The van der Waals surface area contributed by atoms with E-state index in [-0.39, 0.29) is 0 Å². The predicted octanol–water partition coefficient (Wildman–Crippen LogP) is 3.24. The molecule has 0 bridgehead atoms. The molecule has 2 atom stereocenters. The minimum absolute atomic E-state index is 0.424. The second-order valence-corrected chi connectivity index (χ2v) is 5.94. The Morgan fingerprint density at radius 1 is 1.50 bits per heavy atom. The van der Waals surface area contributed by atoms with E-state index in [0.717, 1.165) is 29.5 Å².